The predicted octanol–water partition coefficient (Wildman–Crippen LogP) is 1.23. The highest BCUT2D eigenvalue weighted by Crippen LogP contribution is 2.20. The van der Waals surface area contributed by atoms with Gasteiger partial charge in [-0.15, -0.1) is 0 Å². The van der Waals surface area contributed by atoms with E-state index in [4.69, 9.17) is 0 Å². The summed E-state index contributed by atoms with van der Waals surface area (Å²) in [6.07, 6.45) is 6.05. The molecule has 2 amide bonds. The van der Waals surface area contributed by atoms with Crippen molar-refractivity contribution in [2.24, 2.45) is 5.92 Å². The van der Waals surface area contributed by atoms with E-state index >= 15 is 0 Å². The second-order valence-electron chi connectivity index (χ2n) is 5.00. The Morgan fingerprint density at radius 3 is 2.88 bits per heavy atom. The first kappa shape index (κ1) is 11.7. The molecule has 1 aliphatic carbocycles. The molecule has 2 atom stereocenters. The molecule has 1 saturated carbocycles. The van der Waals surface area contributed by atoms with Crippen molar-refractivity contribution in [1.29, 1.82) is 0 Å². The van der Waals surface area contributed by atoms with Gasteiger partial charge in [0, 0.05) is 18.6 Å². The van der Waals surface area contributed by atoms with Gasteiger partial charge in [-0.1, -0.05) is 13.3 Å². The lowest BCUT2D eigenvalue weighted by Gasteiger charge is -2.32. The summed E-state index contributed by atoms with van der Waals surface area (Å²) in [7, 11) is 0. The Hall–Kier alpha value is -0.770. The Labute approximate surface area is 97.6 Å². The van der Waals surface area contributed by atoms with Crippen LogP contribution in [0.4, 0.5) is 4.79 Å². The van der Waals surface area contributed by atoms with Gasteiger partial charge in [0.05, 0.1) is 0 Å². The molecule has 1 aliphatic heterocycles. The summed E-state index contributed by atoms with van der Waals surface area (Å²) in [5.41, 5.74) is 0. The summed E-state index contributed by atoms with van der Waals surface area (Å²) in [5.74, 6) is 0.718. The zero-order chi connectivity index (χ0) is 11.4. The summed E-state index contributed by atoms with van der Waals surface area (Å²) in [6.45, 7) is 4.08. The second-order valence-corrected chi connectivity index (χ2v) is 5.00. The lowest BCUT2D eigenvalue weighted by molar-refractivity contribution is 0.229. The third kappa shape index (κ3) is 3.37. The van der Waals surface area contributed by atoms with Gasteiger partial charge in [-0.25, -0.2) is 4.79 Å². The first-order valence-corrected chi connectivity index (χ1v) is 6.57. The highest BCUT2D eigenvalue weighted by Gasteiger charge is 2.25. The summed E-state index contributed by atoms with van der Waals surface area (Å²) < 4.78 is 0. The van der Waals surface area contributed by atoms with Crippen molar-refractivity contribution in [2.45, 2.75) is 51.1 Å². The number of rotatable bonds is 4. The smallest absolute Gasteiger partial charge is 0.315 e. The molecule has 2 aliphatic rings. The third-order valence-corrected chi connectivity index (χ3v) is 3.65. The fourth-order valence-electron chi connectivity index (χ4n) is 2.41. The highest BCUT2D eigenvalue weighted by atomic mass is 16.2. The van der Waals surface area contributed by atoms with E-state index in [0.717, 1.165) is 31.8 Å². The monoisotopic (exact) mass is 225 g/mol. The minimum absolute atomic E-state index is 0.00438. The van der Waals surface area contributed by atoms with Crippen molar-refractivity contribution < 1.29 is 4.79 Å². The van der Waals surface area contributed by atoms with E-state index in [9.17, 15) is 4.79 Å². The molecule has 4 heteroatoms. The Balaban J connectivity index is 1.68. The number of hydrogen-bond acceptors (Lipinski definition) is 2. The van der Waals surface area contributed by atoms with Crippen LogP contribution in [0.25, 0.3) is 0 Å². The molecular formula is C12H23N3O. The fraction of sp³-hybridized carbons (Fsp3) is 0.917. The second kappa shape index (κ2) is 5.53. The maximum absolute atomic E-state index is 11.5. The number of carbonyl (C=O) groups is 1. The quantitative estimate of drug-likeness (QED) is 0.674. The molecule has 92 valence electrons. The number of carbonyl (C=O) groups excluding carboxylic acids is 1. The average Bonchev–Trinajstić information content (AvgIpc) is 3.10. The summed E-state index contributed by atoms with van der Waals surface area (Å²) in [6, 6.07) is 0.912. The molecule has 0 aromatic rings. The number of nitrogens with one attached hydrogen (secondary N) is 3. The molecule has 0 aromatic heterocycles. The molecule has 4 nitrogen and oxygen atoms in total. The van der Waals surface area contributed by atoms with Gasteiger partial charge < -0.3 is 16.0 Å². The summed E-state index contributed by atoms with van der Waals surface area (Å²) in [5, 5.41) is 9.43. The van der Waals surface area contributed by atoms with Crippen molar-refractivity contribution in [3.05, 3.63) is 0 Å². The van der Waals surface area contributed by atoms with Gasteiger partial charge in [-0.2, -0.15) is 0 Å². The van der Waals surface area contributed by atoms with Crippen molar-refractivity contribution in [2.75, 3.05) is 13.1 Å². The fourth-order valence-corrected chi connectivity index (χ4v) is 2.41. The van der Waals surface area contributed by atoms with E-state index in [-0.39, 0.29) is 6.03 Å². The van der Waals surface area contributed by atoms with Gasteiger partial charge in [0.15, 0.2) is 0 Å². The molecule has 0 aromatic carbocycles. The molecule has 1 saturated heterocycles. The first-order valence-electron chi connectivity index (χ1n) is 6.57. The summed E-state index contributed by atoms with van der Waals surface area (Å²) >= 11 is 0. The van der Waals surface area contributed by atoms with Crippen molar-refractivity contribution in [3.8, 4) is 0 Å². The van der Waals surface area contributed by atoms with Crippen LogP contribution in [0, 0.1) is 5.92 Å². The number of hydrogen-bond donors (Lipinski definition) is 3. The molecule has 2 fully saturated rings. The lowest BCUT2D eigenvalue weighted by atomic mass is 9.89. The molecule has 0 radical (unpaired) electrons. The van der Waals surface area contributed by atoms with Crippen molar-refractivity contribution >= 4 is 6.03 Å². The molecule has 16 heavy (non-hydrogen) atoms. The van der Waals surface area contributed by atoms with E-state index in [1.165, 1.54) is 19.3 Å². The molecule has 1 heterocycles. The molecular weight excluding hydrogens is 202 g/mol. The SMILES string of the molecule is CCC1CCCNC1CNC(=O)NC1CC1. The van der Waals surface area contributed by atoms with Gasteiger partial charge in [0.2, 0.25) is 0 Å². The lowest BCUT2D eigenvalue weighted by Crippen LogP contribution is -2.50. The van der Waals surface area contributed by atoms with Gasteiger partial charge in [0.1, 0.15) is 0 Å². The molecule has 2 rings (SSSR count). The van der Waals surface area contributed by atoms with Crippen LogP contribution in [0.5, 0.6) is 0 Å². The average molecular weight is 225 g/mol. The van der Waals surface area contributed by atoms with Gasteiger partial charge in [-0.05, 0) is 38.1 Å². The highest BCUT2D eigenvalue weighted by molar-refractivity contribution is 5.74. The maximum Gasteiger partial charge on any atom is 0.315 e. The van der Waals surface area contributed by atoms with Crippen LogP contribution in [0.1, 0.15) is 39.0 Å². The number of amides is 2. The van der Waals surface area contributed by atoms with Crippen molar-refractivity contribution in [3.63, 3.8) is 0 Å². The standard InChI is InChI=1S/C12H23N3O/c1-2-9-4-3-7-13-11(9)8-14-12(16)15-10-5-6-10/h9-11,13H,2-8H2,1H3,(H2,14,15,16). The van der Waals surface area contributed by atoms with Gasteiger partial charge in [-0.3, -0.25) is 0 Å². The van der Waals surface area contributed by atoms with Crippen LogP contribution >= 0.6 is 0 Å². The maximum atomic E-state index is 11.5. The summed E-state index contributed by atoms with van der Waals surface area (Å²) in [4.78, 5) is 11.5. The van der Waals surface area contributed by atoms with Crippen LogP contribution in [0.2, 0.25) is 0 Å². The Morgan fingerprint density at radius 2 is 2.19 bits per heavy atom. The molecule has 0 bridgehead atoms. The Morgan fingerprint density at radius 1 is 1.38 bits per heavy atom. The van der Waals surface area contributed by atoms with Crippen LogP contribution in [-0.4, -0.2) is 31.2 Å². The first-order chi connectivity index (χ1) is 7.79. The zero-order valence-electron chi connectivity index (χ0n) is 10.1. The van der Waals surface area contributed by atoms with Crippen LogP contribution < -0.4 is 16.0 Å². The van der Waals surface area contributed by atoms with E-state index in [1.807, 2.05) is 0 Å². The van der Waals surface area contributed by atoms with E-state index in [1.54, 1.807) is 0 Å². The Kier molecular flexibility index (Phi) is 4.04. The van der Waals surface area contributed by atoms with E-state index in [2.05, 4.69) is 22.9 Å². The largest absolute Gasteiger partial charge is 0.337 e. The third-order valence-electron chi connectivity index (χ3n) is 3.65. The van der Waals surface area contributed by atoms with Crippen LogP contribution in [0.3, 0.4) is 0 Å². The normalized spacial score (nSPS) is 29.8. The number of piperidine rings is 1. The minimum Gasteiger partial charge on any atom is -0.337 e. The molecule has 2 unspecified atom stereocenters. The topological polar surface area (TPSA) is 53.2 Å². The minimum atomic E-state index is 0.00438. The molecule has 3 N–H and O–H groups in total. The predicted molar refractivity (Wildman–Crippen MR) is 64.4 cm³/mol. The molecule has 0 spiro atoms. The van der Waals surface area contributed by atoms with E-state index < -0.39 is 0 Å². The Bertz CT molecular complexity index is 240. The zero-order valence-corrected chi connectivity index (χ0v) is 10.1. The van der Waals surface area contributed by atoms with Gasteiger partial charge >= 0.3 is 6.03 Å². The van der Waals surface area contributed by atoms with Gasteiger partial charge in [0.25, 0.3) is 0 Å². The van der Waals surface area contributed by atoms with Crippen LogP contribution in [-0.2, 0) is 0 Å². The van der Waals surface area contributed by atoms with Crippen LogP contribution in [0.15, 0.2) is 0 Å². The van der Waals surface area contributed by atoms with Crippen molar-refractivity contribution in [1.82, 2.24) is 16.0 Å². The van der Waals surface area contributed by atoms with E-state index in [0.29, 0.717) is 12.1 Å². The number of urea groups is 1.